The molecular weight excluding hydrogens is 260 g/mol. The molecule has 0 aromatic carbocycles. The van der Waals surface area contributed by atoms with Crippen molar-refractivity contribution in [2.24, 2.45) is 29.1 Å². The highest BCUT2D eigenvalue weighted by molar-refractivity contribution is 5.85. The van der Waals surface area contributed by atoms with Gasteiger partial charge in [-0.25, -0.2) is 0 Å². The summed E-state index contributed by atoms with van der Waals surface area (Å²) < 4.78 is 0. The molecule has 4 bridgehead atoms. The van der Waals surface area contributed by atoms with Crippen molar-refractivity contribution in [3.8, 4) is 0 Å². The largest absolute Gasteiger partial charge is 0.355 e. The maximum Gasteiger partial charge on any atom is 0.226 e. The Balaban J connectivity index is 0.00000110. The maximum atomic E-state index is 12.6. The van der Waals surface area contributed by atoms with E-state index in [0.29, 0.717) is 11.8 Å². The number of carbonyl (C=O) groups excluding carboxylic acids is 1. The predicted octanol–water partition coefficient (Wildman–Crippen LogP) is 1.96. The maximum absolute atomic E-state index is 12.6. The Hall–Kier alpha value is -0.280. The second-order valence-corrected chi connectivity index (χ2v) is 7.43. The van der Waals surface area contributed by atoms with Crippen LogP contribution in [0.2, 0.25) is 0 Å². The second-order valence-electron chi connectivity index (χ2n) is 7.43. The first-order valence-electron chi connectivity index (χ1n) is 7.72. The number of rotatable bonds is 3. The van der Waals surface area contributed by atoms with Crippen LogP contribution in [0.15, 0.2) is 0 Å². The average molecular weight is 285 g/mol. The van der Waals surface area contributed by atoms with Crippen LogP contribution < -0.4 is 10.6 Å². The van der Waals surface area contributed by atoms with Crippen LogP contribution in [-0.4, -0.2) is 25.5 Å². The van der Waals surface area contributed by atoms with Crippen LogP contribution in [0.25, 0.3) is 0 Å². The Morgan fingerprint density at radius 2 is 1.58 bits per heavy atom. The monoisotopic (exact) mass is 284 g/mol. The minimum Gasteiger partial charge on any atom is -0.355 e. The summed E-state index contributed by atoms with van der Waals surface area (Å²) in [6.07, 6.45) is 7.81. The Morgan fingerprint density at radius 1 is 1.05 bits per heavy atom. The zero-order valence-corrected chi connectivity index (χ0v) is 12.3. The summed E-state index contributed by atoms with van der Waals surface area (Å²) in [4.78, 5) is 12.6. The van der Waals surface area contributed by atoms with Crippen LogP contribution in [0.5, 0.6) is 0 Å². The normalized spacial score (nSPS) is 43.5. The van der Waals surface area contributed by atoms with Crippen molar-refractivity contribution >= 4 is 18.3 Å². The van der Waals surface area contributed by atoms with Gasteiger partial charge >= 0.3 is 0 Å². The summed E-state index contributed by atoms with van der Waals surface area (Å²) in [5.74, 6) is 3.68. The van der Waals surface area contributed by atoms with Gasteiger partial charge in [0.25, 0.3) is 0 Å². The molecule has 0 atom stereocenters. The van der Waals surface area contributed by atoms with Gasteiger partial charge in [-0.1, -0.05) is 0 Å². The zero-order valence-electron chi connectivity index (χ0n) is 11.5. The van der Waals surface area contributed by atoms with Crippen LogP contribution >= 0.6 is 12.4 Å². The molecule has 1 heterocycles. The molecule has 1 aliphatic heterocycles. The van der Waals surface area contributed by atoms with Crippen molar-refractivity contribution in [2.45, 2.75) is 38.5 Å². The minimum atomic E-state index is 0. The number of amides is 1. The van der Waals surface area contributed by atoms with Crippen molar-refractivity contribution in [1.29, 1.82) is 0 Å². The highest BCUT2D eigenvalue weighted by Crippen LogP contribution is 2.60. The summed E-state index contributed by atoms with van der Waals surface area (Å²) in [7, 11) is 0. The van der Waals surface area contributed by atoms with Crippen molar-refractivity contribution in [1.82, 2.24) is 10.6 Å². The van der Waals surface area contributed by atoms with E-state index in [2.05, 4.69) is 10.6 Å². The summed E-state index contributed by atoms with van der Waals surface area (Å²) in [5.41, 5.74) is 0.0475. The molecule has 4 saturated carbocycles. The van der Waals surface area contributed by atoms with Gasteiger partial charge in [-0.2, -0.15) is 0 Å². The first-order valence-corrected chi connectivity index (χ1v) is 7.72. The molecule has 0 unspecified atom stereocenters. The van der Waals surface area contributed by atoms with Crippen LogP contribution in [0.4, 0.5) is 0 Å². The molecule has 5 rings (SSSR count). The molecular formula is C15H25ClN2O. The van der Waals surface area contributed by atoms with E-state index in [4.69, 9.17) is 0 Å². The summed E-state index contributed by atoms with van der Waals surface area (Å²) in [6, 6.07) is 0. The van der Waals surface area contributed by atoms with Crippen molar-refractivity contribution < 1.29 is 4.79 Å². The van der Waals surface area contributed by atoms with Gasteiger partial charge in [-0.05, 0) is 56.3 Å². The molecule has 3 nitrogen and oxygen atoms in total. The Labute approximate surface area is 121 Å². The molecule has 1 saturated heterocycles. The molecule has 0 aromatic rings. The van der Waals surface area contributed by atoms with Crippen molar-refractivity contribution in [2.75, 3.05) is 19.6 Å². The second kappa shape index (κ2) is 4.92. The lowest BCUT2D eigenvalue weighted by Crippen LogP contribution is -2.56. The first-order chi connectivity index (χ1) is 8.73. The molecule has 0 aromatic heterocycles. The van der Waals surface area contributed by atoms with E-state index in [0.717, 1.165) is 37.4 Å². The third-order valence-corrected chi connectivity index (χ3v) is 5.94. The standard InChI is InChI=1S/C15H24N2O.ClH/c18-14(17-9-13-7-16-8-13)15-4-10-1-11(5-15)3-12(2-10)6-15;/h10-13,16H,1-9H2,(H,17,18);1H. The number of halogens is 1. The van der Waals surface area contributed by atoms with Crippen LogP contribution in [0.3, 0.4) is 0 Å². The van der Waals surface area contributed by atoms with E-state index >= 15 is 0 Å². The summed E-state index contributed by atoms with van der Waals surface area (Å²) in [6.45, 7) is 3.07. The number of nitrogens with one attached hydrogen (secondary N) is 2. The summed E-state index contributed by atoms with van der Waals surface area (Å²) in [5, 5.41) is 6.53. The van der Waals surface area contributed by atoms with Gasteiger partial charge in [0.2, 0.25) is 5.91 Å². The van der Waals surface area contributed by atoms with Gasteiger partial charge in [0.1, 0.15) is 0 Å². The fourth-order valence-electron chi connectivity index (χ4n) is 5.31. The van der Waals surface area contributed by atoms with Crippen molar-refractivity contribution in [3.63, 3.8) is 0 Å². The lowest BCUT2D eigenvalue weighted by atomic mass is 9.49. The third kappa shape index (κ3) is 2.29. The third-order valence-electron chi connectivity index (χ3n) is 5.94. The van der Waals surface area contributed by atoms with Gasteiger partial charge in [-0.15, -0.1) is 12.4 Å². The molecule has 1 amide bonds. The van der Waals surface area contributed by atoms with Gasteiger partial charge < -0.3 is 10.6 Å². The van der Waals surface area contributed by atoms with E-state index in [1.807, 2.05) is 0 Å². The lowest BCUT2D eigenvalue weighted by Gasteiger charge is -2.55. The Bertz CT molecular complexity index is 332. The molecule has 19 heavy (non-hydrogen) atoms. The molecule has 2 N–H and O–H groups in total. The SMILES string of the molecule is Cl.O=C(NCC1CNC1)C12CC3CC(CC(C3)C1)C2. The van der Waals surface area contributed by atoms with Crippen LogP contribution in [-0.2, 0) is 4.79 Å². The zero-order chi connectivity index (χ0) is 12.2. The number of carbonyl (C=O) groups is 1. The Kier molecular flexibility index (Phi) is 3.55. The fourth-order valence-corrected chi connectivity index (χ4v) is 5.31. The van der Waals surface area contributed by atoms with E-state index in [1.165, 1.54) is 38.5 Å². The minimum absolute atomic E-state index is 0. The molecule has 0 radical (unpaired) electrons. The molecule has 4 heteroatoms. The average Bonchev–Trinajstić information content (AvgIpc) is 2.24. The molecule has 0 spiro atoms. The topological polar surface area (TPSA) is 41.1 Å². The van der Waals surface area contributed by atoms with Crippen LogP contribution in [0, 0.1) is 29.1 Å². The van der Waals surface area contributed by atoms with Gasteiger partial charge in [-0.3, -0.25) is 4.79 Å². The van der Waals surface area contributed by atoms with E-state index in [1.54, 1.807) is 0 Å². The van der Waals surface area contributed by atoms with Crippen LogP contribution in [0.1, 0.15) is 38.5 Å². The molecule has 4 aliphatic carbocycles. The van der Waals surface area contributed by atoms with Gasteiger partial charge in [0, 0.05) is 31.0 Å². The number of hydrogen-bond donors (Lipinski definition) is 2. The predicted molar refractivity (Wildman–Crippen MR) is 77.2 cm³/mol. The van der Waals surface area contributed by atoms with E-state index in [9.17, 15) is 4.79 Å². The van der Waals surface area contributed by atoms with Gasteiger partial charge in [0.15, 0.2) is 0 Å². The van der Waals surface area contributed by atoms with Gasteiger partial charge in [0.05, 0.1) is 0 Å². The smallest absolute Gasteiger partial charge is 0.226 e. The molecule has 5 fully saturated rings. The van der Waals surface area contributed by atoms with Crippen molar-refractivity contribution in [3.05, 3.63) is 0 Å². The molecule has 108 valence electrons. The highest BCUT2D eigenvalue weighted by atomic mass is 35.5. The highest BCUT2D eigenvalue weighted by Gasteiger charge is 2.54. The summed E-state index contributed by atoms with van der Waals surface area (Å²) >= 11 is 0. The van der Waals surface area contributed by atoms with E-state index < -0.39 is 0 Å². The first kappa shape index (κ1) is 13.7. The lowest BCUT2D eigenvalue weighted by molar-refractivity contribution is -0.146. The van der Waals surface area contributed by atoms with E-state index in [-0.39, 0.29) is 17.8 Å². The number of hydrogen-bond acceptors (Lipinski definition) is 2. The fraction of sp³-hybridized carbons (Fsp3) is 0.933. The quantitative estimate of drug-likeness (QED) is 0.832. The Morgan fingerprint density at radius 3 is 2.00 bits per heavy atom. The molecule has 5 aliphatic rings.